The number of hydrogen-bond donors (Lipinski definition) is 0. The summed E-state index contributed by atoms with van der Waals surface area (Å²) in [5, 5.41) is 10.6. The van der Waals surface area contributed by atoms with Crippen molar-refractivity contribution in [3.05, 3.63) is 21.8 Å². The van der Waals surface area contributed by atoms with E-state index in [1.165, 1.54) is 12.7 Å². The number of ether oxygens (including phenoxy) is 1. The molecule has 0 heterocycles. The lowest BCUT2D eigenvalue weighted by Crippen LogP contribution is -2.21. The van der Waals surface area contributed by atoms with E-state index in [1.807, 2.05) is 0 Å². The van der Waals surface area contributed by atoms with Gasteiger partial charge in [-0.2, -0.15) is 0 Å². The summed E-state index contributed by atoms with van der Waals surface area (Å²) in [7, 11) is 1.31. The molecule has 1 unspecified atom stereocenters. The van der Waals surface area contributed by atoms with Gasteiger partial charge in [0.15, 0.2) is 0 Å². The average molecular weight is 271 g/mol. The molecular weight excluding hydrogens is 246 g/mol. The van der Waals surface area contributed by atoms with E-state index in [4.69, 9.17) is 0 Å². The maximum absolute atomic E-state index is 11.2. The van der Waals surface area contributed by atoms with Gasteiger partial charge in [-0.3, -0.25) is 14.9 Å². The largest absolute Gasteiger partial charge is 0.469 e. The molecule has 19 heavy (non-hydrogen) atoms. The normalized spacial score (nSPS) is 13.5. The van der Waals surface area contributed by atoms with E-state index < -0.39 is 0 Å². The van der Waals surface area contributed by atoms with E-state index in [-0.39, 0.29) is 29.8 Å². The smallest absolute Gasteiger partial charge is 0.306 e. The molecule has 0 aliphatic carbocycles. The van der Waals surface area contributed by atoms with E-state index >= 15 is 0 Å². The van der Waals surface area contributed by atoms with Crippen molar-refractivity contribution >= 4 is 5.97 Å². The first kappa shape index (κ1) is 17.6. The quantitative estimate of drug-likeness (QED) is 0.279. The minimum absolute atomic E-state index is 0.129. The zero-order valence-electron chi connectivity index (χ0n) is 12.3. The van der Waals surface area contributed by atoms with Gasteiger partial charge in [0.1, 0.15) is 0 Å². The molecular formula is C14H25NO4. The molecule has 0 aliphatic rings. The molecule has 0 spiro atoms. The van der Waals surface area contributed by atoms with Crippen LogP contribution in [0.15, 0.2) is 11.6 Å². The second kappa shape index (κ2) is 9.53. The fourth-order valence-corrected chi connectivity index (χ4v) is 2.10. The third kappa shape index (κ3) is 10.2. The van der Waals surface area contributed by atoms with Crippen LogP contribution in [-0.4, -0.2) is 24.5 Å². The van der Waals surface area contributed by atoms with Gasteiger partial charge in [0.25, 0.3) is 0 Å². The molecule has 0 amide bonds. The molecule has 0 aromatic heterocycles. The Labute approximate surface area is 115 Å². The number of carbonyl (C=O) groups excluding carboxylic acids is 1. The van der Waals surface area contributed by atoms with Crippen molar-refractivity contribution in [2.75, 3.05) is 13.7 Å². The maximum Gasteiger partial charge on any atom is 0.306 e. The van der Waals surface area contributed by atoms with Crippen LogP contribution in [0.1, 0.15) is 46.5 Å². The average Bonchev–Trinajstić information content (AvgIpc) is 2.27. The molecule has 0 saturated carbocycles. The fourth-order valence-electron chi connectivity index (χ4n) is 2.10. The molecule has 0 rings (SSSR count). The van der Waals surface area contributed by atoms with Crippen molar-refractivity contribution in [1.29, 1.82) is 0 Å². The lowest BCUT2D eigenvalue weighted by molar-refractivity contribution is -0.488. The first-order chi connectivity index (χ1) is 8.85. The van der Waals surface area contributed by atoms with Gasteiger partial charge in [0, 0.05) is 10.8 Å². The van der Waals surface area contributed by atoms with Crippen LogP contribution in [0.2, 0.25) is 0 Å². The Morgan fingerprint density at radius 2 is 2.05 bits per heavy atom. The van der Waals surface area contributed by atoms with E-state index in [1.54, 1.807) is 0 Å². The number of hydrogen-bond acceptors (Lipinski definition) is 4. The molecule has 0 N–H and O–H groups in total. The van der Waals surface area contributed by atoms with Crippen molar-refractivity contribution in [1.82, 2.24) is 0 Å². The number of carbonyl (C=O) groups is 1. The van der Waals surface area contributed by atoms with Gasteiger partial charge in [-0.15, -0.1) is 0 Å². The topological polar surface area (TPSA) is 69.4 Å². The van der Waals surface area contributed by atoms with Gasteiger partial charge < -0.3 is 4.74 Å². The molecule has 0 aliphatic heterocycles. The molecule has 110 valence electrons. The van der Waals surface area contributed by atoms with Crippen LogP contribution < -0.4 is 0 Å². The first-order valence-corrected chi connectivity index (χ1v) is 6.67. The van der Waals surface area contributed by atoms with Gasteiger partial charge in [-0.05, 0) is 39.0 Å². The van der Waals surface area contributed by atoms with Gasteiger partial charge in [0.2, 0.25) is 6.54 Å². The van der Waals surface area contributed by atoms with Crippen molar-refractivity contribution in [2.24, 2.45) is 11.8 Å². The summed E-state index contributed by atoms with van der Waals surface area (Å²) in [5.41, 5.74) is 1.28. The minimum atomic E-state index is -0.372. The highest BCUT2D eigenvalue weighted by Gasteiger charge is 2.22. The summed E-state index contributed by atoms with van der Waals surface area (Å²) in [6.45, 7) is 6.01. The summed E-state index contributed by atoms with van der Waals surface area (Å²) in [6.07, 6.45) is 4.95. The predicted octanol–water partition coefficient (Wildman–Crippen LogP) is 3.22. The summed E-state index contributed by atoms with van der Waals surface area (Å²) in [4.78, 5) is 21.5. The number of esters is 1. The number of methoxy groups -OCH3 is 1. The van der Waals surface area contributed by atoms with Crippen molar-refractivity contribution < 1.29 is 14.5 Å². The SMILES string of the molecule is COC(=O)CC(C[C@@H](C)CCC=C(C)C)C[N+](=O)[O-]. The van der Waals surface area contributed by atoms with Gasteiger partial charge in [0.05, 0.1) is 13.5 Å². The lowest BCUT2D eigenvalue weighted by Gasteiger charge is -2.16. The molecule has 2 atom stereocenters. The molecule has 0 radical (unpaired) electrons. The second-order valence-electron chi connectivity index (χ2n) is 5.36. The predicted molar refractivity (Wildman–Crippen MR) is 74.4 cm³/mol. The third-order valence-corrected chi connectivity index (χ3v) is 3.04. The molecule has 0 bridgehead atoms. The van der Waals surface area contributed by atoms with Crippen LogP contribution >= 0.6 is 0 Å². The Morgan fingerprint density at radius 1 is 1.42 bits per heavy atom. The van der Waals surface area contributed by atoms with Crippen LogP contribution in [0.4, 0.5) is 0 Å². The highest BCUT2D eigenvalue weighted by atomic mass is 16.6. The standard InChI is InChI=1S/C14H25NO4/c1-11(2)6-5-7-12(3)8-13(10-15(17)18)9-14(16)19-4/h6,12-13H,5,7-10H2,1-4H3/t12-,13?/m0/s1. The molecule has 0 saturated heterocycles. The Kier molecular flexibility index (Phi) is 8.83. The zero-order chi connectivity index (χ0) is 14.8. The highest BCUT2D eigenvalue weighted by Crippen LogP contribution is 2.21. The second-order valence-corrected chi connectivity index (χ2v) is 5.36. The Balaban J connectivity index is 4.25. The first-order valence-electron chi connectivity index (χ1n) is 6.67. The highest BCUT2D eigenvalue weighted by molar-refractivity contribution is 5.69. The van der Waals surface area contributed by atoms with E-state index in [9.17, 15) is 14.9 Å². The monoisotopic (exact) mass is 271 g/mol. The molecule has 0 fully saturated rings. The molecule has 0 aromatic carbocycles. The summed E-state index contributed by atoms with van der Waals surface area (Å²) in [6, 6.07) is 0. The Hall–Kier alpha value is -1.39. The van der Waals surface area contributed by atoms with Crippen LogP contribution in [-0.2, 0) is 9.53 Å². The zero-order valence-corrected chi connectivity index (χ0v) is 12.3. The summed E-state index contributed by atoms with van der Waals surface area (Å²) < 4.78 is 4.59. The lowest BCUT2D eigenvalue weighted by atomic mass is 9.90. The Morgan fingerprint density at radius 3 is 2.53 bits per heavy atom. The van der Waals surface area contributed by atoms with Gasteiger partial charge in [-0.1, -0.05) is 18.6 Å². The maximum atomic E-state index is 11.2. The van der Waals surface area contributed by atoms with Gasteiger partial charge in [-0.25, -0.2) is 0 Å². The van der Waals surface area contributed by atoms with E-state index in [2.05, 4.69) is 31.6 Å². The number of allylic oxidation sites excluding steroid dienone is 2. The molecule has 0 aromatic rings. The van der Waals surface area contributed by atoms with Crippen molar-refractivity contribution in [3.63, 3.8) is 0 Å². The minimum Gasteiger partial charge on any atom is -0.469 e. The fraction of sp³-hybridized carbons (Fsp3) is 0.786. The number of nitro groups is 1. The molecule has 5 nitrogen and oxygen atoms in total. The third-order valence-electron chi connectivity index (χ3n) is 3.04. The van der Waals surface area contributed by atoms with Crippen LogP contribution in [0.25, 0.3) is 0 Å². The van der Waals surface area contributed by atoms with Crippen LogP contribution in [0.3, 0.4) is 0 Å². The van der Waals surface area contributed by atoms with E-state index in [0.29, 0.717) is 12.3 Å². The van der Waals surface area contributed by atoms with Gasteiger partial charge >= 0.3 is 5.97 Å². The summed E-state index contributed by atoms with van der Waals surface area (Å²) in [5.74, 6) is -0.238. The van der Waals surface area contributed by atoms with Crippen molar-refractivity contribution in [3.8, 4) is 0 Å². The van der Waals surface area contributed by atoms with E-state index in [0.717, 1.165) is 12.8 Å². The summed E-state index contributed by atoms with van der Waals surface area (Å²) >= 11 is 0. The number of rotatable bonds is 9. The van der Waals surface area contributed by atoms with Crippen LogP contribution in [0, 0.1) is 22.0 Å². The van der Waals surface area contributed by atoms with Crippen molar-refractivity contribution in [2.45, 2.75) is 46.5 Å². The molecule has 5 heteroatoms. The van der Waals surface area contributed by atoms with Crippen LogP contribution in [0.5, 0.6) is 0 Å². The number of nitrogens with zero attached hydrogens (tertiary/aromatic N) is 1. The Bertz CT molecular complexity index is 321.